The number of rotatable bonds is 0. The molecule has 0 atom stereocenters. The first kappa shape index (κ1) is 104. The second kappa shape index (κ2) is 69.5. The molecular formula is C103H135NO23S2. The van der Waals surface area contributed by atoms with Gasteiger partial charge >= 0.3 is 0 Å². The van der Waals surface area contributed by atoms with E-state index < -0.39 is 0 Å². The highest BCUT2D eigenvalue weighted by Crippen LogP contribution is 2.20. The van der Waals surface area contributed by atoms with E-state index in [4.69, 9.17) is 109 Å². The molecule has 1 aromatic heterocycles. The summed E-state index contributed by atoms with van der Waals surface area (Å²) in [4.78, 5) is 4.66. The molecule has 0 spiro atoms. The number of ether oxygens (including phenoxy) is 23. The van der Waals surface area contributed by atoms with E-state index in [0.29, 0.717) is 291 Å². The average molecular weight is 1820 g/mol. The highest BCUT2D eigenvalue weighted by molar-refractivity contribution is 7.98. The monoisotopic (exact) mass is 1820 g/mol. The molecule has 0 aliphatic carbocycles. The van der Waals surface area contributed by atoms with Gasteiger partial charge in [0, 0.05) is 23.0 Å². The van der Waals surface area contributed by atoms with Crippen molar-refractivity contribution in [1.29, 1.82) is 0 Å². The van der Waals surface area contributed by atoms with E-state index in [1.807, 2.05) is 41.7 Å². The van der Waals surface area contributed by atoms with Crippen molar-refractivity contribution in [1.82, 2.24) is 4.98 Å². The number of hydrogen-bond acceptors (Lipinski definition) is 26. The molecule has 26 heteroatoms. The topological polar surface area (TPSA) is 225 Å². The smallest absolute Gasteiger partial charge is 0.0892 e. The van der Waals surface area contributed by atoms with Gasteiger partial charge in [0.1, 0.15) is 0 Å². The van der Waals surface area contributed by atoms with Gasteiger partial charge in [0.25, 0.3) is 0 Å². The highest BCUT2D eigenvalue weighted by Gasteiger charge is 2.10. The lowest BCUT2D eigenvalue weighted by Gasteiger charge is -2.10. The average Bonchev–Trinajstić information content (AvgIpc) is 0.931. The summed E-state index contributed by atoms with van der Waals surface area (Å²) >= 11 is 3.84. The van der Waals surface area contributed by atoms with Crippen LogP contribution in [0, 0.1) is 0 Å². The van der Waals surface area contributed by atoms with Crippen molar-refractivity contribution in [2.45, 2.75) is 117 Å². The lowest BCUT2D eigenvalue weighted by atomic mass is 10.1. The summed E-state index contributed by atoms with van der Waals surface area (Å²) in [6.07, 6.45) is 0. The molecule has 24 nitrogen and oxygen atoms in total. The van der Waals surface area contributed by atoms with Gasteiger partial charge in [-0.05, 0) is 101 Å². The van der Waals surface area contributed by atoms with Crippen molar-refractivity contribution in [3.05, 3.63) is 313 Å². The standard InChI is InChI=1S/C29H35NO6.C26H36O7.C24H32O6.C24H32O4S2/c1-2-28-22-35-20-26-8-4-24(5-9-26)18-33-16-14-31-12-13-32-15-17-34-19-25-6-10-27(11-7-25)21-36-23-29(3-1)30-28;1-5-25-6-2-23(1)19-30-15-11-27-9-10-28-12-16-31-20-24-3-7-26(8-4-24)22-33-18-14-29-13-17-32-21-25;1-2-22-4-3-21(1)17-27-13-9-25-11-15-29-19-23-5-7-24(8-6-23)20-30-16-12-26-10-14-28-18-22;1-5-23-6-2-21(1)17-27-11-9-25-10-12-28-18-22-3-7-24(8-4-22)20-30-16-14-26-13-15-29-19-23/h1-11H,12-23H2;1-8H,9-22H2;2*1-8H,9-20H2. The summed E-state index contributed by atoms with van der Waals surface area (Å²) in [6, 6.07) is 72.9. The van der Waals surface area contributed by atoms with E-state index >= 15 is 0 Å². The molecule has 0 amide bonds. The Morgan fingerprint density at radius 1 is 0.132 bits per heavy atom. The van der Waals surface area contributed by atoms with Crippen LogP contribution in [0.5, 0.6) is 0 Å². The summed E-state index contributed by atoms with van der Waals surface area (Å²) in [6.45, 7) is 26.2. The molecular weight excluding hydrogens is 1680 g/mol. The zero-order valence-corrected chi connectivity index (χ0v) is 76.8. The summed E-state index contributed by atoms with van der Waals surface area (Å²) < 4.78 is 130. The Kier molecular flexibility index (Phi) is 55.9. The van der Waals surface area contributed by atoms with Gasteiger partial charge in [-0.25, -0.2) is 0 Å². The van der Waals surface area contributed by atoms with Crippen LogP contribution in [-0.4, -0.2) is 215 Å². The van der Waals surface area contributed by atoms with E-state index in [2.05, 4.69) is 199 Å². The quantitative estimate of drug-likeness (QED) is 0.137. The third-order valence-corrected chi connectivity index (χ3v) is 21.8. The van der Waals surface area contributed by atoms with Gasteiger partial charge < -0.3 is 109 Å². The fraction of sp³-hybridized carbons (Fsp3) is 0.485. The Morgan fingerprint density at radius 3 is 0.426 bits per heavy atom. The molecule has 25 rings (SSSR count). The van der Waals surface area contributed by atoms with E-state index in [0.717, 1.165) is 114 Å². The zero-order valence-electron chi connectivity index (χ0n) is 75.2. The fourth-order valence-electron chi connectivity index (χ4n) is 12.6. The van der Waals surface area contributed by atoms with Crippen molar-refractivity contribution in [3.63, 3.8) is 0 Å². The maximum absolute atomic E-state index is 5.88. The lowest BCUT2D eigenvalue weighted by Crippen LogP contribution is -2.11. The molecule has 0 unspecified atom stereocenters. The fourth-order valence-corrected chi connectivity index (χ4v) is 14.2. The molecule has 16 aliphatic heterocycles. The molecule has 0 saturated heterocycles. The summed E-state index contributed by atoms with van der Waals surface area (Å²) in [5.41, 5.74) is 20.4. The zero-order chi connectivity index (χ0) is 88.9. The van der Waals surface area contributed by atoms with E-state index in [1.165, 1.54) is 22.3 Å². The Labute approximate surface area is 772 Å². The van der Waals surface area contributed by atoms with Crippen LogP contribution in [0.3, 0.4) is 0 Å². The molecule has 0 radical (unpaired) electrons. The number of benzene rings is 8. The van der Waals surface area contributed by atoms with Gasteiger partial charge in [-0.15, -0.1) is 0 Å². The summed E-state index contributed by atoms with van der Waals surface area (Å²) in [5.74, 6) is 4.09. The summed E-state index contributed by atoms with van der Waals surface area (Å²) in [7, 11) is 0. The SMILES string of the molecule is c1cc2ccc1COCCOCCOCCOCc1ccc(cc1)COCCOCCOC2.c1cc2ccc1COCCOCCOCc1ccc(cc1)COCCOCCOC2.c1cc2ccc1COCCOCCOCc1ccc(cc1)CSCCOCCSC2.c1cc2nc(c1)COCc1ccc(cc1)COCCOCCOCCOCc1ccc(cc1)COC2. The van der Waals surface area contributed by atoms with Crippen LogP contribution < -0.4 is 0 Å². The Hall–Kier alpha value is -7.31. The number of pyridine rings is 1. The molecule has 0 saturated carbocycles. The van der Waals surface area contributed by atoms with Crippen LogP contribution in [0.4, 0.5) is 0 Å². The second-order valence-electron chi connectivity index (χ2n) is 30.4. The molecule has 0 N–H and O–H groups in total. The molecule has 9 aromatic rings. The minimum atomic E-state index is 0.452. The maximum atomic E-state index is 5.88. The van der Waals surface area contributed by atoms with E-state index in [-0.39, 0.29) is 0 Å². The molecule has 702 valence electrons. The Balaban J connectivity index is 0.000000179. The lowest BCUT2D eigenvalue weighted by molar-refractivity contribution is -0.00619. The highest BCUT2D eigenvalue weighted by atomic mass is 32.2. The third kappa shape index (κ3) is 49.8. The predicted molar refractivity (Wildman–Crippen MR) is 498 cm³/mol. The minimum absolute atomic E-state index is 0.452. The maximum Gasteiger partial charge on any atom is 0.0892 e. The third-order valence-electron chi connectivity index (χ3n) is 19.8. The molecule has 18 bridgehead atoms. The van der Waals surface area contributed by atoms with Gasteiger partial charge in [0.05, 0.1) is 315 Å². The van der Waals surface area contributed by atoms with Crippen LogP contribution in [0.25, 0.3) is 0 Å². The van der Waals surface area contributed by atoms with Crippen molar-refractivity contribution >= 4 is 23.5 Å². The van der Waals surface area contributed by atoms with Crippen molar-refractivity contribution in [2.24, 2.45) is 0 Å². The minimum Gasteiger partial charge on any atom is -0.380 e. The Bertz CT molecular complexity index is 3700. The van der Waals surface area contributed by atoms with Crippen LogP contribution in [0.15, 0.2) is 212 Å². The van der Waals surface area contributed by atoms with Crippen LogP contribution >= 0.6 is 23.5 Å². The first-order valence-corrected chi connectivity index (χ1v) is 47.4. The number of hydrogen-bond donors (Lipinski definition) is 0. The van der Waals surface area contributed by atoms with Gasteiger partial charge in [-0.3, -0.25) is 4.98 Å². The molecule has 8 aromatic carbocycles. The van der Waals surface area contributed by atoms with Crippen LogP contribution in [-0.2, 0) is 226 Å². The van der Waals surface area contributed by atoms with Crippen molar-refractivity contribution in [2.75, 3.05) is 210 Å². The number of aromatic nitrogens is 1. The van der Waals surface area contributed by atoms with Gasteiger partial charge in [-0.1, -0.05) is 200 Å². The van der Waals surface area contributed by atoms with Gasteiger partial charge in [0.2, 0.25) is 0 Å². The summed E-state index contributed by atoms with van der Waals surface area (Å²) in [5, 5.41) is 0. The van der Waals surface area contributed by atoms with Gasteiger partial charge in [0.15, 0.2) is 0 Å². The second-order valence-corrected chi connectivity index (χ2v) is 32.6. The first-order valence-electron chi connectivity index (χ1n) is 45.1. The van der Waals surface area contributed by atoms with Crippen molar-refractivity contribution < 1.29 is 109 Å². The Morgan fingerprint density at radius 2 is 0.264 bits per heavy atom. The number of thioether (sulfide) groups is 2. The molecule has 129 heavy (non-hydrogen) atoms. The number of nitrogens with zero attached hydrogens (tertiary/aromatic N) is 1. The molecule has 16 aliphatic rings. The first-order chi connectivity index (χ1) is 64.0. The molecule has 17 heterocycles. The molecule has 0 fully saturated rings. The van der Waals surface area contributed by atoms with E-state index in [9.17, 15) is 0 Å². The van der Waals surface area contributed by atoms with Crippen LogP contribution in [0.2, 0.25) is 0 Å². The van der Waals surface area contributed by atoms with Gasteiger partial charge in [-0.2, -0.15) is 23.5 Å². The largest absolute Gasteiger partial charge is 0.380 e. The van der Waals surface area contributed by atoms with Crippen LogP contribution in [0.1, 0.15) is 100 Å². The van der Waals surface area contributed by atoms with Crippen molar-refractivity contribution in [3.8, 4) is 0 Å². The predicted octanol–water partition coefficient (Wildman–Crippen LogP) is 16.5. The normalized spacial score (nSPS) is 18.7. The van der Waals surface area contributed by atoms with E-state index in [1.54, 1.807) is 0 Å².